The summed E-state index contributed by atoms with van der Waals surface area (Å²) in [5.41, 5.74) is 3.50. The third-order valence-corrected chi connectivity index (χ3v) is 4.02. The van der Waals surface area contributed by atoms with E-state index in [9.17, 15) is 4.79 Å². The summed E-state index contributed by atoms with van der Waals surface area (Å²) < 4.78 is 0. The van der Waals surface area contributed by atoms with Gasteiger partial charge in [0.05, 0.1) is 5.56 Å². The molecule has 24 heavy (non-hydrogen) atoms. The second-order valence-electron chi connectivity index (χ2n) is 5.96. The Bertz CT molecular complexity index is 676. The van der Waals surface area contributed by atoms with E-state index >= 15 is 0 Å². The average molecular weight is 326 g/mol. The van der Waals surface area contributed by atoms with Crippen molar-refractivity contribution in [3.63, 3.8) is 0 Å². The molecular weight excluding hydrogens is 300 g/mol. The first kappa shape index (κ1) is 17.9. The molecule has 0 radical (unpaired) electrons. The van der Waals surface area contributed by atoms with E-state index in [1.807, 2.05) is 32.0 Å². The largest absolute Gasteiger partial charge is 0.341 e. The van der Waals surface area contributed by atoms with Gasteiger partial charge in [-0.25, -0.2) is 9.97 Å². The third-order valence-electron chi connectivity index (χ3n) is 4.02. The second-order valence-corrected chi connectivity index (χ2v) is 5.96. The minimum atomic E-state index is -0.187. The Labute approximate surface area is 144 Å². The fourth-order valence-electron chi connectivity index (χ4n) is 2.53. The molecule has 128 valence electrons. The van der Waals surface area contributed by atoms with Gasteiger partial charge in [0.25, 0.3) is 5.91 Å². The van der Waals surface area contributed by atoms with Gasteiger partial charge in [-0.05, 0) is 43.9 Å². The molecule has 0 spiro atoms. The highest BCUT2D eigenvalue weighted by atomic mass is 16.1. The summed E-state index contributed by atoms with van der Waals surface area (Å²) in [5.74, 6) is 0.495. The average Bonchev–Trinajstić information content (AvgIpc) is 2.59. The highest BCUT2D eigenvalue weighted by Gasteiger charge is 2.12. The zero-order chi connectivity index (χ0) is 17.5. The molecule has 0 saturated carbocycles. The van der Waals surface area contributed by atoms with E-state index in [2.05, 4.69) is 34.0 Å². The number of aryl methyl sites for hydroxylation is 1. The fraction of sp³-hybridized carbons (Fsp3) is 0.421. The SMILES string of the molecule is CCCN(CCC)c1ncc(C(=O)Nc2cccc(C)c2C)cn1. The van der Waals surface area contributed by atoms with Gasteiger partial charge in [0, 0.05) is 31.2 Å². The molecule has 2 rings (SSSR count). The van der Waals surface area contributed by atoms with Crippen LogP contribution in [0.3, 0.4) is 0 Å². The molecule has 0 saturated heterocycles. The van der Waals surface area contributed by atoms with E-state index in [4.69, 9.17) is 0 Å². The van der Waals surface area contributed by atoms with E-state index in [0.29, 0.717) is 11.5 Å². The number of anilines is 2. The Hall–Kier alpha value is -2.43. The molecule has 0 atom stereocenters. The molecule has 1 N–H and O–H groups in total. The first-order valence-corrected chi connectivity index (χ1v) is 8.51. The van der Waals surface area contributed by atoms with Crippen LogP contribution in [0.25, 0.3) is 0 Å². The van der Waals surface area contributed by atoms with Gasteiger partial charge in [0.2, 0.25) is 5.95 Å². The summed E-state index contributed by atoms with van der Waals surface area (Å²) in [6.45, 7) is 10.1. The van der Waals surface area contributed by atoms with Crippen LogP contribution >= 0.6 is 0 Å². The van der Waals surface area contributed by atoms with Crippen LogP contribution in [0.4, 0.5) is 11.6 Å². The first-order valence-electron chi connectivity index (χ1n) is 8.51. The van der Waals surface area contributed by atoms with Crippen molar-refractivity contribution in [3.8, 4) is 0 Å². The number of hydrogen-bond donors (Lipinski definition) is 1. The fourth-order valence-corrected chi connectivity index (χ4v) is 2.53. The first-order chi connectivity index (χ1) is 11.6. The van der Waals surface area contributed by atoms with Crippen molar-refractivity contribution in [1.29, 1.82) is 0 Å². The summed E-state index contributed by atoms with van der Waals surface area (Å²) in [6, 6.07) is 5.86. The number of amides is 1. The number of benzene rings is 1. The zero-order valence-electron chi connectivity index (χ0n) is 15.0. The molecule has 0 unspecified atom stereocenters. The molecule has 5 nitrogen and oxygen atoms in total. The molecule has 1 heterocycles. The van der Waals surface area contributed by atoms with Crippen LogP contribution in [0.2, 0.25) is 0 Å². The van der Waals surface area contributed by atoms with E-state index in [1.165, 1.54) is 0 Å². The van der Waals surface area contributed by atoms with Crippen LogP contribution in [0.5, 0.6) is 0 Å². The number of rotatable bonds is 7. The van der Waals surface area contributed by atoms with Gasteiger partial charge in [0.1, 0.15) is 0 Å². The lowest BCUT2D eigenvalue weighted by atomic mass is 10.1. The van der Waals surface area contributed by atoms with Crippen molar-refractivity contribution >= 4 is 17.5 Å². The standard InChI is InChI=1S/C19H26N4O/c1-5-10-23(11-6-2)19-20-12-16(13-21-19)18(24)22-17-9-7-8-14(3)15(17)4/h7-9,12-13H,5-6,10-11H2,1-4H3,(H,22,24). The summed E-state index contributed by atoms with van der Waals surface area (Å²) in [6.07, 6.45) is 5.28. The normalized spacial score (nSPS) is 10.5. The maximum absolute atomic E-state index is 12.4. The minimum Gasteiger partial charge on any atom is -0.341 e. The number of nitrogens with one attached hydrogen (secondary N) is 1. The summed E-state index contributed by atoms with van der Waals surface area (Å²) in [5, 5.41) is 2.93. The Morgan fingerprint density at radius 2 is 1.71 bits per heavy atom. The summed E-state index contributed by atoms with van der Waals surface area (Å²) in [4.78, 5) is 23.3. The molecule has 2 aromatic rings. The van der Waals surface area contributed by atoms with Crippen LogP contribution in [0, 0.1) is 13.8 Å². The van der Waals surface area contributed by atoms with Crippen molar-refractivity contribution in [1.82, 2.24) is 9.97 Å². The predicted molar refractivity (Wildman–Crippen MR) is 98.7 cm³/mol. The molecule has 0 bridgehead atoms. The predicted octanol–water partition coefficient (Wildman–Crippen LogP) is 3.97. The summed E-state index contributed by atoms with van der Waals surface area (Å²) >= 11 is 0. The quantitative estimate of drug-likeness (QED) is 0.836. The van der Waals surface area contributed by atoms with Crippen molar-refractivity contribution in [3.05, 3.63) is 47.3 Å². The monoisotopic (exact) mass is 326 g/mol. The van der Waals surface area contributed by atoms with Crippen molar-refractivity contribution in [2.24, 2.45) is 0 Å². The van der Waals surface area contributed by atoms with Crippen LogP contribution in [0.1, 0.15) is 48.2 Å². The number of carbonyl (C=O) groups excluding carboxylic acids is 1. The Morgan fingerprint density at radius 1 is 1.08 bits per heavy atom. The van der Waals surface area contributed by atoms with Gasteiger partial charge < -0.3 is 10.2 Å². The highest BCUT2D eigenvalue weighted by Crippen LogP contribution is 2.19. The lowest BCUT2D eigenvalue weighted by molar-refractivity contribution is 0.102. The maximum atomic E-state index is 12.4. The number of carbonyl (C=O) groups is 1. The topological polar surface area (TPSA) is 58.1 Å². The van der Waals surface area contributed by atoms with E-state index < -0.39 is 0 Å². The summed E-state index contributed by atoms with van der Waals surface area (Å²) in [7, 11) is 0. The third kappa shape index (κ3) is 4.31. The van der Waals surface area contributed by atoms with Crippen LogP contribution in [0.15, 0.2) is 30.6 Å². The van der Waals surface area contributed by atoms with E-state index in [1.54, 1.807) is 12.4 Å². The van der Waals surface area contributed by atoms with E-state index in [0.717, 1.165) is 42.7 Å². The number of aromatic nitrogens is 2. The molecule has 5 heteroatoms. The zero-order valence-corrected chi connectivity index (χ0v) is 15.0. The Morgan fingerprint density at radius 3 is 2.29 bits per heavy atom. The van der Waals surface area contributed by atoms with Gasteiger partial charge in [-0.3, -0.25) is 4.79 Å². The van der Waals surface area contributed by atoms with Crippen LogP contribution in [-0.2, 0) is 0 Å². The minimum absolute atomic E-state index is 0.187. The van der Waals surface area contributed by atoms with Gasteiger partial charge in [-0.15, -0.1) is 0 Å². The highest BCUT2D eigenvalue weighted by molar-refractivity contribution is 6.04. The van der Waals surface area contributed by atoms with Gasteiger partial charge >= 0.3 is 0 Å². The smallest absolute Gasteiger partial charge is 0.258 e. The van der Waals surface area contributed by atoms with Crippen LogP contribution < -0.4 is 10.2 Å². The van der Waals surface area contributed by atoms with Crippen molar-refractivity contribution < 1.29 is 4.79 Å². The second kappa shape index (κ2) is 8.43. The van der Waals surface area contributed by atoms with Gasteiger partial charge in [0.15, 0.2) is 0 Å². The lowest BCUT2D eigenvalue weighted by Gasteiger charge is -2.21. The van der Waals surface area contributed by atoms with Gasteiger partial charge in [-0.2, -0.15) is 0 Å². The van der Waals surface area contributed by atoms with E-state index in [-0.39, 0.29) is 5.91 Å². The Balaban J connectivity index is 2.12. The number of nitrogens with zero attached hydrogens (tertiary/aromatic N) is 3. The molecule has 1 aromatic carbocycles. The molecule has 1 aromatic heterocycles. The molecule has 0 fully saturated rings. The number of hydrogen-bond acceptors (Lipinski definition) is 4. The van der Waals surface area contributed by atoms with Crippen molar-refractivity contribution in [2.45, 2.75) is 40.5 Å². The van der Waals surface area contributed by atoms with Crippen LogP contribution in [-0.4, -0.2) is 29.0 Å². The Kier molecular flexibility index (Phi) is 6.29. The molecular formula is C19H26N4O. The lowest BCUT2D eigenvalue weighted by Crippen LogP contribution is -2.27. The molecule has 0 aliphatic heterocycles. The molecule has 0 aliphatic carbocycles. The molecule has 0 aliphatic rings. The van der Waals surface area contributed by atoms with Crippen molar-refractivity contribution in [2.75, 3.05) is 23.3 Å². The van der Waals surface area contributed by atoms with Gasteiger partial charge in [-0.1, -0.05) is 26.0 Å². The maximum Gasteiger partial charge on any atom is 0.258 e. The molecule has 1 amide bonds.